The maximum Gasteiger partial charge on any atom is 0.335 e. The molecular formula is C24H14ClF4N3O3. The smallest absolute Gasteiger partial charge is 0.335 e. The number of rotatable bonds is 5. The lowest BCUT2D eigenvalue weighted by Crippen LogP contribution is -2.25. The normalized spacial score (nSPS) is 14.5. The summed E-state index contributed by atoms with van der Waals surface area (Å²) in [5.41, 5.74) is -2.49. The molecule has 0 atom stereocenters. The van der Waals surface area contributed by atoms with Gasteiger partial charge in [-0.25, -0.2) is 22.4 Å². The van der Waals surface area contributed by atoms with E-state index in [0.717, 1.165) is 28.9 Å². The number of aromatic carboxylic acids is 1. The predicted octanol–water partition coefficient (Wildman–Crippen LogP) is 5.71. The monoisotopic (exact) mass is 503 g/mol. The lowest BCUT2D eigenvalue weighted by molar-refractivity contribution is 0.0696. The van der Waals surface area contributed by atoms with Crippen LogP contribution < -0.4 is 0 Å². The molecule has 4 aromatic rings. The van der Waals surface area contributed by atoms with Gasteiger partial charge in [-0.3, -0.25) is 9.78 Å². The number of alkyl halides is 2. The largest absolute Gasteiger partial charge is 0.478 e. The molecular weight excluding hydrogens is 490 g/mol. The van der Waals surface area contributed by atoms with Gasteiger partial charge in [-0.2, -0.15) is 9.78 Å². The number of hydrogen-bond donors (Lipinski definition) is 1. The van der Waals surface area contributed by atoms with E-state index in [-0.39, 0.29) is 46.3 Å². The molecule has 0 saturated heterocycles. The first-order valence-corrected chi connectivity index (χ1v) is 10.7. The van der Waals surface area contributed by atoms with E-state index in [4.69, 9.17) is 16.7 Å². The van der Waals surface area contributed by atoms with E-state index in [9.17, 15) is 27.2 Å². The SMILES string of the molecule is O=C(O)c1ccc(-c2nn(C(=O)c3c(C4(C(F)F)CC4)ccc(F)c3Cl)c3cccnc23)c(F)c1. The topological polar surface area (TPSA) is 85.1 Å². The molecule has 35 heavy (non-hydrogen) atoms. The molecule has 2 aromatic heterocycles. The Bertz CT molecular complexity index is 1530. The third-order valence-corrected chi connectivity index (χ3v) is 6.52. The maximum absolute atomic E-state index is 14.8. The van der Waals surface area contributed by atoms with Crippen LogP contribution in [0.5, 0.6) is 0 Å². The second-order valence-corrected chi connectivity index (χ2v) is 8.56. The van der Waals surface area contributed by atoms with E-state index in [1.807, 2.05) is 0 Å². The average Bonchev–Trinajstić information content (AvgIpc) is 3.56. The quantitative estimate of drug-likeness (QED) is 0.352. The summed E-state index contributed by atoms with van der Waals surface area (Å²) >= 11 is 6.12. The fourth-order valence-corrected chi connectivity index (χ4v) is 4.39. The molecule has 0 unspecified atom stereocenters. The van der Waals surface area contributed by atoms with Gasteiger partial charge in [-0.15, -0.1) is 0 Å². The van der Waals surface area contributed by atoms with Gasteiger partial charge in [-0.05, 0) is 54.8 Å². The Morgan fingerprint density at radius 3 is 2.46 bits per heavy atom. The summed E-state index contributed by atoms with van der Waals surface area (Å²) in [7, 11) is 0. The summed E-state index contributed by atoms with van der Waals surface area (Å²) < 4.78 is 57.8. The molecule has 178 valence electrons. The zero-order valence-electron chi connectivity index (χ0n) is 17.6. The molecule has 1 fully saturated rings. The molecule has 0 bridgehead atoms. The number of hydrogen-bond acceptors (Lipinski definition) is 4. The van der Waals surface area contributed by atoms with Gasteiger partial charge in [-0.1, -0.05) is 17.7 Å². The Labute approximate surface area is 199 Å². The molecule has 0 aliphatic heterocycles. The number of aromatic nitrogens is 3. The average molecular weight is 504 g/mol. The van der Waals surface area contributed by atoms with Gasteiger partial charge in [0.2, 0.25) is 6.43 Å². The van der Waals surface area contributed by atoms with Crippen LogP contribution >= 0.6 is 11.6 Å². The highest BCUT2D eigenvalue weighted by atomic mass is 35.5. The summed E-state index contributed by atoms with van der Waals surface area (Å²) in [4.78, 5) is 28.9. The number of nitrogens with zero attached hydrogens (tertiary/aromatic N) is 3. The van der Waals surface area contributed by atoms with Crippen LogP contribution in [0.15, 0.2) is 48.7 Å². The van der Waals surface area contributed by atoms with Crippen molar-refractivity contribution in [2.24, 2.45) is 0 Å². The first-order chi connectivity index (χ1) is 16.7. The van der Waals surface area contributed by atoms with Crippen molar-refractivity contribution in [2.75, 3.05) is 0 Å². The van der Waals surface area contributed by atoms with E-state index in [0.29, 0.717) is 0 Å². The van der Waals surface area contributed by atoms with Crippen molar-refractivity contribution < 1.29 is 32.3 Å². The third kappa shape index (κ3) is 3.56. The van der Waals surface area contributed by atoms with Crippen LogP contribution in [0.25, 0.3) is 22.3 Å². The number of fused-ring (bicyclic) bond motifs is 1. The van der Waals surface area contributed by atoms with Crippen molar-refractivity contribution in [3.8, 4) is 11.3 Å². The number of pyridine rings is 1. The van der Waals surface area contributed by atoms with Gasteiger partial charge in [0.15, 0.2) is 0 Å². The van der Waals surface area contributed by atoms with E-state index < -0.39 is 45.9 Å². The Balaban J connectivity index is 1.72. The fourth-order valence-electron chi connectivity index (χ4n) is 4.15. The summed E-state index contributed by atoms with van der Waals surface area (Å²) in [5.74, 6) is -4.20. The van der Waals surface area contributed by atoms with Crippen molar-refractivity contribution in [2.45, 2.75) is 24.7 Å². The number of carboxylic acids is 1. The first-order valence-electron chi connectivity index (χ1n) is 10.3. The van der Waals surface area contributed by atoms with Crippen LogP contribution in [0, 0.1) is 11.6 Å². The molecule has 1 saturated carbocycles. The molecule has 2 aromatic carbocycles. The Morgan fingerprint density at radius 2 is 1.83 bits per heavy atom. The molecule has 0 amide bonds. The van der Waals surface area contributed by atoms with E-state index in [1.54, 1.807) is 0 Å². The summed E-state index contributed by atoms with van der Waals surface area (Å²) in [6.45, 7) is 0. The van der Waals surface area contributed by atoms with E-state index >= 15 is 0 Å². The lowest BCUT2D eigenvalue weighted by Gasteiger charge is -2.19. The van der Waals surface area contributed by atoms with Crippen molar-refractivity contribution in [3.05, 3.63) is 82.0 Å². The molecule has 5 rings (SSSR count). The van der Waals surface area contributed by atoms with Gasteiger partial charge in [0.05, 0.1) is 27.1 Å². The van der Waals surface area contributed by atoms with Gasteiger partial charge in [0.25, 0.3) is 5.91 Å². The third-order valence-electron chi connectivity index (χ3n) is 6.15. The van der Waals surface area contributed by atoms with Crippen LogP contribution in [-0.2, 0) is 5.41 Å². The molecule has 1 aliphatic carbocycles. The van der Waals surface area contributed by atoms with Crippen LogP contribution in [0.4, 0.5) is 17.6 Å². The number of carbonyl (C=O) groups excluding carboxylic acids is 1. The van der Waals surface area contributed by atoms with E-state index in [1.165, 1.54) is 24.4 Å². The van der Waals surface area contributed by atoms with Gasteiger partial charge >= 0.3 is 5.97 Å². The standard InChI is InChI=1S/C24H14ClF4N3O3/c25-18-14(26)6-5-13(24(7-8-24)23(28)29)17(18)21(33)32-16-2-1-9-30-20(16)19(31-32)12-4-3-11(22(34)35)10-15(12)27/h1-6,9-10,23H,7-8H2,(H,34,35). The second kappa shape index (κ2) is 8.16. The first kappa shape index (κ1) is 23.0. The summed E-state index contributed by atoms with van der Waals surface area (Å²) in [6, 6.07) is 8.14. The fraction of sp³-hybridized carbons (Fsp3) is 0.167. The lowest BCUT2D eigenvalue weighted by atomic mass is 9.91. The Morgan fingerprint density at radius 1 is 1.09 bits per heavy atom. The zero-order chi connectivity index (χ0) is 25.1. The molecule has 0 radical (unpaired) electrons. The van der Waals surface area contributed by atoms with Crippen LogP contribution in [-0.4, -0.2) is 38.2 Å². The van der Waals surface area contributed by atoms with Crippen molar-refractivity contribution in [3.63, 3.8) is 0 Å². The summed E-state index contributed by atoms with van der Waals surface area (Å²) in [6.07, 6.45) is -1.23. The molecule has 1 N–H and O–H groups in total. The Hall–Kier alpha value is -3.79. The van der Waals surface area contributed by atoms with Crippen molar-refractivity contribution in [1.29, 1.82) is 0 Å². The van der Waals surface area contributed by atoms with Crippen LogP contribution in [0.1, 0.15) is 39.1 Å². The van der Waals surface area contributed by atoms with E-state index in [2.05, 4.69) is 10.1 Å². The zero-order valence-corrected chi connectivity index (χ0v) is 18.4. The molecule has 6 nitrogen and oxygen atoms in total. The predicted molar refractivity (Wildman–Crippen MR) is 118 cm³/mol. The highest BCUT2D eigenvalue weighted by molar-refractivity contribution is 6.34. The van der Waals surface area contributed by atoms with Gasteiger partial charge in [0.1, 0.15) is 22.8 Å². The number of benzene rings is 2. The number of halogens is 5. The molecule has 1 aliphatic rings. The molecule has 11 heteroatoms. The minimum atomic E-state index is -2.80. The van der Waals surface area contributed by atoms with Crippen LogP contribution in [0.2, 0.25) is 5.02 Å². The summed E-state index contributed by atoms with van der Waals surface area (Å²) in [5, 5.41) is 12.6. The van der Waals surface area contributed by atoms with Gasteiger partial charge in [0, 0.05) is 11.8 Å². The van der Waals surface area contributed by atoms with Crippen molar-refractivity contribution >= 4 is 34.5 Å². The minimum absolute atomic E-state index is 0.0880. The maximum atomic E-state index is 14.8. The van der Waals surface area contributed by atoms with Crippen LogP contribution in [0.3, 0.4) is 0 Å². The molecule has 0 spiro atoms. The highest BCUT2D eigenvalue weighted by Crippen LogP contribution is 2.54. The number of carbonyl (C=O) groups is 2. The highest BCUT2D eigenvalue weighted by Gasteiger charge is 2.54. The minimum Gasteiger partial charge on any atom is -0.478 e. The number of carboxylic acid groups (broad SMARTS) is 1. The van der Waals surface area contributed by atoms with Crippen molar-refractivity contribution in [1.82, 2.24) is 14.8 Å². The Kier molecular flexibility index (Phi) is 5.36. The molecule has 2 heterocycles. The second-order valence-electron chi connectivity index (χ2n) is 8.18. The van der Waals surface area contributed by atoms with Gasteiger partial charge < -0.3 is 5.11 Å².